The smallest absolute Gasteiger partial charge is 0.206 e. The van der Waals surface area contributed by atoms with E-state index in [1.54, 1.807) is 0 Å². The van der Waals surface area contributed by atoms with E-state index in [-0.39, 0.29) is 0 Å². The summed E-state index contributed by atoms with van der Waals surface area (Å²) in [7, 11) is -4.75. The lowest BCUT2D eigenvalue weighted by molar-refractivity contribution is 1.33. The number of aryl methyl sites for hydroxylation is 12. The highest BCUT2D eigenvalue weighted by Crippen LogP contribution is 2.24. The fourth-order valence-electron chi connectivity index (χ4n) is 7.73. The second-order valence-electron chi connectivity index (χ2n) is 12.3. The molecular weight excluding hydrogens is 515 g/mol. The first-order valence-electron chi connectivity index (χ1n) is 14.3. The maximum absolute atomic E-state index is 11.9. The first-order chi connectivity index (χ1) is 18.7. The molecule has 4 aromatic carbocycles. The van der Waals surface area contributed by atoms with Crippen LogP contribution in [0.1, 0.15) is 66.8 Å². The third-order valence-electron chi connectivity index (χ3n) is 8.50. The van der Waals surface area contributed by atoms with E-state index in [2.05, 4.69) is 137 Å². The Bertz CT molecular complexity index is 1480. The minimum Gasteiger partial charge on any atom is -0.206 e. The van der Waals surface area contributed by atoms with Gasteiger partial charge in [-0.25, -0.2) is 5.26 Å². The van der Waals surface area contributed by atoms with Crippen molar-refractivity contribution < 1.29 is 0 Å². The van der Waals surface area contributed by atoms with Gasteiger partial charge in [0.2, 0.25) is 7.59 Å². The van der Waals surface area contributed by atoms with Crippen molar-refractivity contribution in [1.29, 1.82) is 5.26 Å². The molecule has 4 rings (SSSR count). The Balaban J connectivity index is 2.38. The Morgan fingerprint density at radius 3 is 0.875 bits per heavy atom. The van der Waals surface area contributed by atoms with E-state index in [9.17, 15) is 5.26 Å². The number of rotatable bonds is 5. The van der Waals surface area contributed by atoms with E-state index >= 15 is 0 Å². The zero-order valence-corrected chi connectivity index (χ0v) is 28.6. The molecule has 40 heavy (non-hydrogen) atoms. The largest absolute Gasteiger partial charge is 0.232 e. The Morgan fingerprint density at radius 2 is 0.650 bits per heavy atom. The molecular formula is C37H44NSi2. The van der Waals surface area contributed by atoms with Crippen LogP contribution in [-0.4, -0.2) is 15.9 Å². The SMILES string of the molecule is Cc1cc(C)c([Si](c2c(C)cc(C)cc2C)[Si](C#N)(c2c(C)cc(C)cc2C)c2c(C)cc(C)cc2C)c(C)c1. The predicted octanol–water partition coefficient (Wildman–Crippen LogP) is 6.40. The van der Waals surface area contributed by atoms with Gasteiger partial charge in [0, 0.05) is 5.69 Å². The fourth-order valence-corrected chi connectivity index (χ4v) is 23.2. The van der Waals surface area contributed by atoms with Crippen molar-refractivity contribution in [2.24, 2.45) is 0 Å². The normalized spacial score (nSPS) is 11.7. The summed E-state index contributed by atoms with van der Waals surface area (Å²) in [5, 5.41) is 17.4. The molecule has 0 heterocycles. The van der Waals surface area contributed by atoms with Gasteiger partial charge >= 0.3 is 0 Å². The number of nitriles is 1. The van der Waals surface area contributed by atoms with Crippen LogP contribution < -0.4 is 20.7 Å². The molecule has 0 saturated carbocycles. The van der Waals surface area contributed by atoms with Gasteiger partial charge in [-0.2, -0.15) is 0 Å². The molecule has 3 heteroatoms. The summed E-state index contributed by atoms with van der Waals surface area (Å²) in [5.41, 5.74) is 18.7. The summed E-state index contributed by atoms with van der Waals surface area (Å²) < 4.78 is 0. The van der Waals surface area contributed by atoms with Crippen LogP contribution in [0.15, 0.2) is 48.5 Å². The molecule has 0 amide bonds. The lowest BCUT2D eigenvalue weighted by Crippen LogP contribution is -2.79. The average molecular weight is 559 g/mol. The molecule has 0 aromatic heterocycles. The van der Waals surface area contributed by atoms with Gasteiger partial charge in [-0.15, -0.1) is 0 Å². The highest BCUT2D eigenvalue weighted by Gasteiger charge is 2.53. The summed E-state index contributed by atoms with van der Waals surface area (Å²) in [6.07, 6.45) is 0. The molecule has 0 spiro atoms. The second-order valence-corrected chi connectivity index (χ2v) is 20.6. The molecule has 0 unspecified atom stereocenters. The molecule has 0 aliphatic rings. The fraction of sp³-hybridized carbons (Fsp3) is 0.324. The molecule has 4 aromatic rings. The van der Waals surface area contributed by atoms with E-state index < -0.39 is 15.9 Å². The van der Waals surface area contributed by atoms with Crippen LogP contribution in [0.25, 0.3) is 0 Å². The number of nitrogens with zero attached hydrogens (tertiary/aromatic N) is 1. The minimum atomic E-state index is -3.11. The topological polar surface area (TPSA) is 23.8 Å². The van der Waals surface area contributed by atoms with E-state index in [0.717, 1.165) is 0 Å². The molecule has 205 valence electrons. The van der Waals surface area contributed by atoms with Gasteiger partial charge in [0.1, 0.15) is 8.31 Å². The van der Waals surface area contributed by atoms with Crippen molar-refractivity contribution in [1.82, 2.24) is 0 Å². The highest BCUT2D eigenvalue weighted by atomic mass is 29.2. The third-order valence-corrected chi connectivity index (χ3v) is 20.8. The van der Waals surface area contributed by atoms with Gasteiger partial charge in [0.05, 0.1) is 0 Å². The standard InChI is InChI=1S/C37H44NSi2/c1-22-13-26(5)34(27(6)14-22)39(35-28(7)15-23(2)16-29(35)8)40(21-38,36-30(9)17-24(3)18-31(36)10)37-32(11)19-25(4)20-33(37)12/h13-20H,1-12H3. The lowest BCUT2D eigenvalue weighted by atomic mass is 10.1. The summed E-state index contributed by atoms with van der Waals surface area (Å²) in [5.74, 6) is 0. The minimum absolute atomic E-state index is 1.26. The van der Waals surface area contributed by atoms with Crippen molar-refractivity contribution in [3.63, 3.8) is 0 Å². The van der Waals surface area contributed by atoms with Crippen molar-refractivity contribution in [3.05, 3.63) is 115 Å². The summed E-state index contributed by atoms with van der Waals surface area (Å²) >= 11 is 0. The van der Waals surface area contributed by atoms with Crippen LogP contribution in [0, 0.1) is 94.0 Å². The molecule has 0 N–H and O–H groups in total. The molecule has 0 atom stereocenters. The van der Waals surface area contributed by atoms with Gasteiger partial charge < -0.3 is 0 Å². The van der Waals surface area contributed by atoms with Gasteiger partial charge in [-0.05, 0) is 93.5 Å². The van der Waals surface area contributed by atoms with Gasteiger partial charge in [0.15, 0.2) is 0 Å². The molecule has 1 radical (unpaired) electrons. The first kappa shape index (κ1) is 29.8. The maximum Gasteiger partial charge on any atom is 0.232 e. The number of benzene rings is 4. The second kappa shape index (κ2) is 11.0. The molecule has 0 fully saturated rings. The quantitative estimate of drug-likeness (QED) is 0.260. The highest BCUT2D eigenvalue weighted by molar-refractivity contribution is 7.55. The van der Waals surface area contributed by atoms with Gasteiger partial charge in [-0.3, -0.25) is 0 Å². The molecule has 0 bridgehead atoms. The monoisotopic (exact) mass is 558 g/mol. The van der Waals surface area contributed by atoms with Crippen LogP contribution in [0.2, 0.25) is 0 Å². The van der Waals surface area contributed by atoms with Crippen molar-refractivity contribution in [2.75, 3.05) is 0 Å². The van der Waals surface area contributed by atoms with E-state index in [1.807, 2.05) is 0 Å². The van der Waals surface area contributed by atoms with E-state index in [4.69, 9.17) is 0 Å². The maximum atomic E-state index is 11.9. The molecule has 0 saturated heterocycles. The third kappa shape index (κ3) is 4.93. The Kier molecular flexibility index (Phi) is 8.19. The first-order valence-corrected chi connectivity index (χ1v) is 18.8. The zero-order chi connectivity index (χ0) is 29.7. The average Bonchev–Trinajstić information content (AvgIpc) is 2.79. The van der Waals surface area contributed by atoms with Crippen LogP contribution in [0.4, 0.5) is 0 Å². The number of hydrogen-bond acceptors (Lipinski definition) is 1. The summed E-state index contributed by atoms with van der Waals surface area (Å²) in [6.45, 7) is 26.8. The van der Waals surface area contributed by atoms with E-state index in [0.29, 0.717) is 0 Å². The Labute approximate surface area is 245 Å². The van der Waals surface area contributed by atoms with Gasteiger partial charge in [-0.1, -0.05) is 126 Å². The Hall–Kier alpha value is -3.20. The molecule has 0 aliphatic carbocycles. The van der Waals surface area contributed by atoms with E-state index in [1.165, 1.54) is 87.5 Å². The van der Waals surface area contributed by atoms with Crippen molar-refractivity contribution in [3.8, 4) is 5.69 Å². The molecule has 1 nitrogen and oxygen atoms in total. The molecule has 0 aliphatic heterocycles. The van der Waals surface area contributed by atoms with Crippen LogP contribution in [0.5, 0.6) is 0 Å². The van der Waals surface area contributed by atoms with Crippen LogP contribution in [-0.2, 0) is 0 Å². The van der Waals surface area contributed by atoms with Crippen LogP contribution >= 0.6 is 0 Å². The number of hydrogen-bond donors (Lipinski definition) is 0. The summed E-state index contributed by atoms with van der Waals surface area (Å²) in [6, 6.07) is 18.6. The van der Waals surface area contributed by atoms with Crippen molar-refractivity contribution in [2.45, 2.75) is 83.1 Å². The van der Waals surface area contributed by atoms with Crippen molar-refractivity contribution >= 4 is 36.7 Å². The predicted molar refractivity (Wildman–Crippen MR) is 178 cm³/mol. The Morgan fingerprint density at radius 1 is 0.425 bits per heavy atom. The zero-order valence-electron chi connectivity index (χ0n) is 26.6. The summed E-state index contributed by atoms with van der Waals surface area (Å²) in [4.78, 5) is 0. The lowest BCUT2D eigenvalue weighted by Gasteiger charge is -2.40. The van der Waals surface area contributed by atoms with Crippen LogP contribution in [0.3, 0.4) is 0 Å². The van der Waals surface area contributed by atoms with Gasteiger partial charge in [0.25, 0.3) is 0 Å².